The molecule has 0 spiro atoms. The zero-order chi connectivity index (χ0) is 13.5. The summed E-state index contributed by atoms with van der Waals surface area (Å²) in [5, 5.41) is 0. The van der Waals surface area contributed by atoms with Gasteiger partial charge in [0.1, 0.15) is 0 Å². The highest BCUT2D eigenvalue weighted by Gasteiger charge is 2.26. The van der Waals surface area contributed by atoms with Crippen LogP contribution in [0.3, 0.4) is 0 Å². The molecule has 1 aromatic carbocycles. The molecule has 0 bridgehead atoms. The quantitative estimate of drug-likeness (QED) is 0.811. The molecule has 2 rings (SSSR count). The second-order valence-electron chi connectivity index (χ2n) is 4.58. The Hall–Kier alpha value is -1.40. The molecule has 2 N–H and O–H groups in total. The van der Waals surface area contributed by atoms with Gasteiger partial charge in [0.05, 0.1) is 18.0 Å². The average molecular weight is 268 g/mol. The van der Waals surface area contributed by atoms with E-state index in [1.165, 1.54) is 10.6 Å². The third-order valence-electron chi connectivity index (χ3n) is 3.03. The van der Waals surface area contributed by atoms with Crippen molar-refractivity contribution in [1.29, 1.82) is 0 Å². The van der Waals surface area contributed by atoms with Crippen molar-refractivity contribution < 1.29 is 13.2 Å². The normalized spacial score (nSPS) is 16.5. The van der Waals surface area contributed by atoms with E-state index in [0.717, 1.165) is 5.56 Å². The number of rotatable bonds is 3. The van der Waals surface area contributed by atoms with Gasteiger partial charge in [-0.1, -0.05) is 0 Å². The van der Waals surface area contributed by atoms with Crippen molar-refractivity contribution >= 4 is 21.5 Å². The van der Waals surface area contributed by atoms with Crippen LogP contribution in [0.1, 0.15) is 22.8 Å². The molecule has 1 heterocycles. The highest BCUT2D eigenvalue weighted by Crippen LogP contribution is 2.30. The van der Waals surface area contributed by atoms with E-state index >= 15 is 0 Å². The lowest BCUT2D eigenvalue weighted by atomic mass is 10.0. The standard InChI is InChI=1S/C12H16N2O3S/c1-8(13)12(15)10-3-4-11-9(7-10)5-6-14(11)18(2,16)17/h3-4,7-8H,5-6,13H2,1-2H3. The van der Waals surface area contributed by atoms with Gasteiger partial charge >= 0.3 is 0 Å². The molecule has 0 aromatic heterocycles. The van der Waals surface area contributed by atoms with Crippen LogP contribution in [0.15, 0.2) is 18.2 Å². The van der Waals surface area contributed by atoms with Crippen LogP contribution < -0.4 is 10.0 Å². The summed E-state index contributed by atoms with van der Waals surface area (Å²) in [6, 6.07) is 4.51. The Labute approximate surface area is 107 Å². The molecule has 6 heteroatoms. The van der Waals surface area contributed by atoms with Gasteiger partial charge in [0.15, 0.2) is 5.78 Å². The molecule has 1 unspecified atom stereocenters. The smallest absolute Gasteiger partial charge is 0.232 e. The fourth-order valence-corrected chi connectivity index (χ4v) is 3.09. The number of hydrogen-bond acceptors (Lipinski definition) is 4. The van der Waals surface area contributed by atoms with Gasteiger partial charge < -0.3 is 5.73 Å². The number of nitrogens with zero attached hydrogens (tertiary/aromatic N) is 1. The topological polar surface area (TPSA) is 80.5 Å². The number of benzene rings is 1. The van der Waals surface area contributed by atoms with Crippen LogP contribution in [0.4, 0.5) is 5.69 Å². The summed E-state index contributed by atoms with van der Waals surface area (Å²) < 4.78 is 24.5. The van der Waals surface area contributed by atoms with Crippen LogP contribution in [-0.2, 0) is 16.4 Å². The summed E-state index contributed by atoms with van der Waals surface area (Å²) in [5.41, 5.74) is 7.64. The van der Waals surface area contributed by atoms with Crippen molar-refractivity contribution in [2.45, 2.75) is 19.4 Å². The van der Waals surface area contributed by atoms with Gasteiger partial charge in [-0.25, -0.2) is 8.42 Å². The van der Waals surface area contributed by atoms with Gasteiger partial charge in [0.2, 0.25) is 10.0 Å². The molecular formula is C12H16N2O3S. The molecule has 0 saturated carbocycles. The summed E-state index contributed by atoms with van der Waals surface area (Å²) in [6.45, 7) is 2.07. The first-order chi connectivity index (χ1) is 8.30. The monoisotopic (exact) mass is 268 g/mol. The van der Waals surface area contributed by atoms with Gasteiger partial charge in [0, 0.05) is 12.1 Å². The maximum atomic E-state index is 11.8. The number of hydrogen-bond donors (Lipinski definition) is 1. The highest BCUT2D eigenvalue weighted by molar-refractivity contribution is 7.92. The van der Waals surface area contributed by atoms with E-state index in [0.29, 0.717) is 24.2 Å². The van der Waals surface area contributed by atoms with Crippen molar-refractivity contribution in [2.24, 2.45) is 5.73 Å². The van der Waals surface area contributed by atoms with E-state index in [9.17, 15) is 13.2 Å². The van der Waals surface area contributed by atoms with Crippen molar-refractivity contribution in [2.75, 3.05) is 17.1 Å². The van der Waals surface area contributed by atoms with Gasteiger partial charge in [-0.05, 0) is 37.1 Å². The van der Waals surface area contributed by atoms with E-state index in [2.05, 4.69) is 0 Å². The Kier molecular flexibility index (Phi) is 3.16. The minimum absolute atomic E-state index is 0.129. The summed E-state index contributed by atoms with van der Waals surface area (Å²) in [6.07, 6.45) is 1.81. The molecule has 1 atom stereocenters. The zero-order valence-electron chi connectivity index (χ0n) is 10.4. The minimum atomic E-state index is -3.24. The van der Waals surface area contributed by atoms with Crippen molar-refractivity contribution in [3.8, 4) is 0 Å². The highest BCUT2D eigenvalue weighted by atomic mass is 32.2. The SMILES string of the molecule is CC(N)C(=O)c1ccc2c(c1)CCN2S(C)(=O)=O. The Morgan fingerprint density at radius 1 is 1.44 bits per heavy atom. The number of carbonyl (C=O) groups is 1. The molecule has 98 valence electrons. The van der Waals surface area contributed by atoms with E-state index in [1.54, 1.807) is 25.1 Å². The lowest BCUT2D eigenvalue weighted by molar-refractivity contribution is 0.0968. The van der Waals surface area contributed by atoms with Gasteiger partial charge in [-0.2, -0.15) is 0 Å². The summed E-state index contributed by atoms with van der Waals surface area (Å²) in [4.78, 5) is 11.8. The van der Waals surface area contributed by atoms with Gasteiger partial charge in [0.25, 0.3) is 0 Å². The lowest BCUT2D eigenvalue weighted by Crippen LogP contribution is -2.28. The first kappa shape index (κ1) is 13.0. The summed E-state index contributed by atoms with van der Waals surface area (Å²) >= 11 is 0. The second-order valence-corrected chi connectivity index (χ2v) is 6.49. The largest absolute Gasteiger partial charge is 0.321 e. The van der Waals surface area contributed by atoms with Gasteiger partial charge in [-0.3, -0.25) is 9.10 Å². The number of ketones is 1. The molecule has 0 fully saturated rings. The van der Waals surface area contributed by atoms with E-state index in [1.807, 2.05) is 0 Å². The fraction of sp³-hybridized carbons (Fsp3) is 0.417. The van der Waals surface area contributed by atoms with Crippen LogP contribution in [0, 0.1) is 0 Å². The van der Waals surface area contributed by atoms with Crippen LogP contribution in [0.25, 0.3) is 0 Å². The lowest BCUT2D eigenvalue weighted by Gasteiger charge is -2.16. The van der Waals surface area contributed by atoms with Crippen molar-refractivity contribution in [3.63, 3.8) is 0 Å². The van der Waals surface area contributed by atoms with Gasteiger partial charge in [-0.15, -0.1) is 0 Å². The number of nitrogens with two attached hydrogens (primary N) is 1. The average Bonchev–Trinajstić information content (AvgIpc) is 2.69. The van der Waals surface area contributed by atoms with Crippen molar-refractivity contribution in [1.82, 2.24) is 0 Å². The fourth-order valence-electron chi connectivity index (χ4n) is 2.13. The van der Waals surface area contributed by atoms with E-state index in [4.69, 9.17) is 5.73 Å². The molecular weight excluding hydrogens is 252 g/mol. The predicted molar refractivity (Wildman–Crippen MR) is 70.3 cm³/mol. The molecule has 1 aliphatic heterocycles. The Morgan fingerprint density at radius 3 is 2.67 bits per heavy atom. The minimum Gasteiger partial charge on any atom is -0.321 e. The van der Waals surface area contributed by atoms with Crippen LogP contribution in [0.2, 0.25) is 0 Å². The second kappa shape index (κ2) is 4.37. The third-order valence-corrected chi connectivity index (χ3v) is 4.21. The predicted octanol–water partition coefficient (Wildman–Crippen LogP) is 0.539. The first-order valence-corrected chi connectivity index (χ1v) is 7.56. The number of carbonyl (C=O) groups excluding carboxylic acids is 1. The van der Waals surface area contributed by atoms with E-state index in [-0.39, 0.29) is 5.78 Å². The number of anilines is 1. The number of sulfonamides is 1. The van der Waals surface area contributed by atoms with Crippen LogP contribution >= 0.6 is 0 Å². The molecule has 0 aliphatic carbocycles. The number of fused-ring (bicyclic) bond motifs is 1. The molecule has 0 saturated heterocycles. The first-order valence-electron chi connectivity index (χ1n) is 5.71. The maximum Gasteiger partial charge on any atom is 0.232 e. The van der Waals surface area contributed by atoms with Crippen molar-refractivity contribution in [3.05, 3.63) is 29.3 Å². The molecule has 0 radical (unpaired) electrons. The molecule has 18 heavy (non-hydrogen) atoms. The van der Waals surface area contributed by atoms with Crippen LogP contribution in [0.5, 0.6) is 0 Å². The molecule has 1 aromatic rings. The Balaban J connectivity index is 2.40. The maximum absolute atomic E-state index is 11.8. The summed E-state index contributed by atoms with van der Waals surface area (Å²) in [7, 11) is -3.24. The summed E-state index contributed by atoms with van der Waals surface area (Å²) in [5.74, 6) is -0.129. The molecule has 1 aliphatic rings. The van der Waals surface area contributed by atoms with Crippen LogP contribution in [-0.4, -0.2) is 33.0 Å². The Bertz CT molecular complexity index is 593. The molecule has 0 amide bonds. The Morgan fingerprint density at radius 2 is 2.11 bits per heavy atom. The number of Topliss-reactive ketones (excluding diaryl/α,β-unsaturated/α-hetero) is 1. The van der Waals surface area contributed by atoms with E-state index < -0.39 is 16.1 Å². The zero-order valence-corrected chi connectivity index (χ0v) is 11.2. The third kappa shape index (κ3) is 2.26. The molecule has 5 nitrogen and oxygen atoms in total.